The summed E-state index contributed by atoms with van der Waals surface area (Å²) in [5, 5.41) is 9.78. The molecule has 17 heavy (non-hydrogen) atoms. The summed E-state index contributed by atoms with van der Waals surface area (Å²) in [5.41, 5.74) is 5.59. The van der Waals surface area contributed by atoms with Crippen LogP contribution in [0.3, 0.4) is 0 Å². The van der Waals surface area contributed by atoms with E-state index in [1.165, 1.54) is 18.9 Å². The van der Waals surface area contributed by atoms with E-state index in [2.05, 4.69) is 9.64 Å². The molecule has 0 aromatic carbocycles. The Bertz CT molecular complexity index is 349. The van der Waals surface area contributed by atoms with Gasteiger partial charge in [-0.25, -0.2) is 4.79 Å². The predicted molar refractivity (Wildman–Crippen MR) is 67.0 cm³/mol. The van der Waals surface area contributed by atoms with Crippen molar-refractivity contribution in [3.05, 3.63) is 10.6 Å². The highest BCUT2D eigenvalue weighted by molar-refractivity contribution is 8.03. The largest absolute Gasteiger partial charge is 0.465 e. The Kier molecular flexibility index (Phi) is 5.87. The second-order valence-electron chi connectivity index (χ2n) is 3.61. The molecule has 1 fully saturated rings. The fraction of sp³-hybridized carbons (Fsp3) is 0.636. The van der Waals surface area contributed by atoms with Crippen molar-refractivity contribution in [3.63, 3.8) is 0 Å². The molecule has 0 atom stereocenters. The molecule has 1 aliphatic heterocycles. The number of nitriles is 1. The summed E-state index contributed by atoms with van der Waals surface area (Å²) in [5.74, 6) is 0.367. The van der Waals surface area contributed by atoms with Gasteiger partial charge < -0.3 is 15.4 Å². The van der Waals surface area contributed by atoms with Gasteiger partial charge in [0.05, 0.1) is 12.1 Å². The minimum absolute atomic E-state index is 0.106. The van der Waals surface area contributed by atoms with Crippen LogP contribution in [0.5, 0.6) is 0 Å². The van der Waals surface area contributed by atoms with Crippen LogP contribution in [-0.4, -0.2) is 43.4 Å². The number of methoxy groups -OCH3 is 1. The summed E-state index contributed by atoms with van der Waals surface area (Å²) in [4.78, 5) is 13.5. The van der Waals surface area contributed by atoms with Crippen LogP contribution < -0.4 is 5.73 Å². The number of rotatable bonds is 4. The third kappa shape index (κ3) is 3.65. The van der Waals surface area contributed by atoms with Gasteiger partial charge in [0.1, 0.15) is 6.07 Å². The van der Waals surface area contributed by atoms with E-state index in [1.807, 2.05) is 6.07 Å². The molecule has 0 unspecified atom stereocenters. The summed E-state index contributed by atoms with van der Waals surface area (Å²) in [6, 6.07) is 1.94. The highest BCUT2D eigenvalue weighted by atomic mass is 32.2. The zero-order valence-corrected chi connectivity index (χ0v) is 10.8. The molecule has 0 bridgehead atoms. The van der Waals surface area contributed by atoms with Gasteiger partial charge in [-0.2, -0.15) is 5.26 Å². The van der Waals surface area contributed by atoms with Crippen molar-refractivity contribution in [1.29, 1.82) is 5.26 Å². The van der Waals surface area contributed by atoms with Crippen molar-refractivity contribution in [2.24, 2.45) is 5.73 Å². The molecule has 1 rings (SSSR count). The number of nitrogens with zero attached hydrogens (tertiary/aromatic N) is 2. The third-order valence-electron chi connectivity index (χ3n) is 2.45. The molecule has 5 nitrogen and oxygen atoms in total. The average molecular weight is 255 g/mol. The number of ether oxygens (including phenoxy) is 1. The second-order valence-corrected chi connectivity index (χ2v) is 4.70. The van der Waals surface area contributed by atoms with E-state index in [9.17, 15) is 4.79 Å². The minimum Gasteiger partial charge on any atom is -0.465 e. The first kappa shape index (κ1) is 13.9. The fourth-order valence-electron chi connectivity index (χ4n) is 1.63. The van der Waals surface area contributed by atoms with E-state index in [1.54, 1.807) is 0 Å². The van der Waals surface area contributed by atoms with Crippen LogP contribution in [0.2, 0.25) is 0 Å². The molecule has 0 amide bonds. The van der Waals surface area contributed by atoms with Gasteiger partial charge in [0.2, 0.25) is 0 Å². The smallest absolute Gasteiger partial charge is 0.351 e. The van der Waals surface area contributed by atoms with Gasteiger partial charge in [0, 0.05) is 18.8 Å². The zero-order chi connectivity index (χ0) is 12.7. The van der Waals surface area contributed by atoms with Gasteiger partial charge >= 0.3 is 5.97 Å². The lowest BCUT2D eigenvalue weighted by Crippen LogP contribution is -2.31. The van der Waals surface area contributed by atoms with Gasteiger partial charge in [0.15, 0.2) is 5.57 Å². The summed E-state index contributed by atoms with van der Waals surface area (Å²) in [6.07, 6.45) is 1.91. The quantitative estimate of drug-likeness (QED) is 0.452. The van der Waals surface area contributed by atoms with Crippen LogP contribution in [0.15, 0.2) is 10.6 Å². The maximum Gasteiger partial charge on any atom is 0.351 e. The van der Waals surface area contributed by atoms with Gasteiger partial charge in [-0.05, 0) is 19.4 Å². The predicted octanol–water partition coefficient (Wildman–Crippen LogP) is 0.682. The molecule has 0 spiro atoms. The lowest BCUT2D eigenvalue weighted by molar-refractivity contribution is -0.135. The number of carbonyl (C=O) groups excluding carboxylic acids is 1. The fourth-order valence-corrected chi connectivity index (χ4v) is 2.73. The number of hydrogen-bond acceptors (Lipinski definition) is 6. The Morgan fingerprint density at radius 2 is 2.47 bits per heavy atom. The standard InChI is InChI=1S/C11H17N3O2S/c1-16-11(15)9(8-13)10-14(5-2-4-12)6-3-7-17-10/h2-7,12H2,1H3. The summed E-state index contributed by atoms with van der Waals surface area (Å²) >= 11 is 1.54. The first-order valence-electron chi connectivity index (χ1n) is 5.55. The first-order valence-corrected chi connectivity index (χ1v) is 6.53. The minimum atomic E-state index is -0.561. The topological polar surface area (TPSA) is 79.4 Å². The molecule has 0 aromatic rings. The maximum atomic E-state index is 11.5. The summed E-state index contributed by atoms with van der Waals surface area (Å²) < 4.78 is 4.63. The van der Waals surface area contributed by atoms with Gasteiger partial charge in [0.25, 0.3) is 0 Å². The van der Waals surface area contributed by atoms with E-state index in [-0.39, 0.29) is 5.57 Å². The van der Waals surface area contributed by atoms with E-state index in [4.69, 9.17) is 11.0 Å². The Morgan fingerprint density at radius 3 is 3.06 bits per heavy atom. The number of carbonyl (C=O) groups is 1. The summed E-state index contributed by atoms with van der Waals surface area (Å²) in [6.45, 7) is 2.25. The molecule has 1 saturated heterocycles. The zero-order valence-electron chi connectivity index (χ0n) is 9.94. The molecule has 6 heteroatoms. The molecule has 1 aliphatic rings. The second kappa shape index (κ2) is 7.20. The highest BCUT2D eigenvalue weighted by Gasteiger charge is 2.23. The maximum absolute atomic E-state index is 11.5. The highest BCUT2D eigenvalue weighted by Crippen LogP contribution is 2.30. The van der Waals surface area contributed by atoms with Crippen molar-refractivity contribution in [2.75, 3.05) is 32.5 Å². The first-order chi connectivity index (χ1) is 8.24. The number of thioether (sulfide) groups is 1. The number of esters is 1. The van der Waals surface area contributed by atoms with Crippen LogP contribution >= 0.6 is 11.8 Å². The molecule has 0 aliphatic carbocycles. The van der Waals surface area contributed by atoms with Crippen LogP contribution in [0, 0.1) is 11.3 Å². The van der Waals surface area contributed by atoms with Crippen molar-refractivity contribution >= 4 is 17.7 Å². The van der Waals surface area contributed by atoms with Crippen LogP contribution in [-0.2, 0) is 9.53 Å². The Morgan fingerprint density at radius 1 is 1.71 bits per heavy atom. The van der Waals surface area contributed by atoms with Gasteiger partial charge in [-0.15, -0.1) is 11.8 Å². The molecule has 0 radical (unpaired) electrons. The number of nitrogens with two attached hydrogens (primary N) is 1. The van der Waals surface area contributed by atoms with Crippen molar-refractivity contribution in [3.8, 4) is 6.07 Å². The lowest BCUT2D eigenvalue weighted by Gasteiger charge is -2.31. The van der Waals surface area contributed by atoms with Crippen LogP contribution in [0.25, 0.3) is 0 Å². The van der Waals surface area contributed by atoms with E-state index < -0.39 is 5.97 Å². The molecule has 94 valence electrons. The Hall–Kier alpha value is -1.19. The third-order valence-corrected chi connectivity index (χ3v) is 3.67. The molecule has 1 heterocycles. The van der Waals surface area contributed by atoms with E-state index in [0.717, 1.165) is 36.7 Å². The molecule has 0 aromatic heterocycles. The van der Waals surface area contributed by atoms with Gasteiger partial charge in [-0.1, -0.05) is 0 Å². The molecule has 0 saturated carbocycles. The van der Waals surface area contributed by atoms with Crippen molar-refractivity contribution in [2.45, 2.75) is 12.8 Å². The van der Waals surface area contributed by atoms with Crippen LogP contribution in [0.4, 0.5) is 0 Å². The SMILES string of the molecule is COC(=O)C(C#N)=C1SCCCN1CCCN. The molecule has 2 N–H and O–H groups in total. The van der Waals surface area contributed by atoms with Gasteiger partial charge in [-0.3, -0.25) is 0 Å². The lowest BCUT2D eigenvalue weighted by atomic mass is 10.2. The van der Waals surface area contributed by atoms with Crippen LogP contribution in [0.1, 0.15) is 12.8 Å². The van der Waals surface area contributed by atoms with E-state index in [0.29, 0.717) is 6.54 Å². The molecular formula is C11H17N3O2S. The van der Waals surface area contributed by atoms with E-state index >= 15 is 0 Å². The number of hydrogen-bond donors (Lipinski definition) is 1. The summed E-state index contributed by atoms with van der Waals surface area (Å²) in [7, 11) is 1.29. The van der Waals surface area contributed by atoms with Crippen molar-refractivity contribution in [1.82, 2.24) is 4.90 Å². The Labute approximate surface area is 106 Å². The average Bonchev–Trinajstić information content (AvgIpc) is 2.38. The Balaban J connectivity index is 2.91. The molecular weight excluding hydrogens is 238 g/mol. The van der Waals surface area contributed by atoms with Crippen molar-refractivity contribution < 1.29 is 9.53 Å². The monoisotopic (exact) mass is 255 g/mol. The normalized spacial score (nSPS) is 18.5.